The van der Waals surface area contributed by atoms with E-state index in [1.165, 1.54) is 6.07 Å². The first-order valence-corrected chi connectivity index (χ1v) is 6.63. The van der Waals surface area contributed by atoms with Crippen molar-refractivity contribution in [3.8, 4) is 0 Å². The van der Waals surface area contributed by atoms with Crippen molar-refractivity contribution in [2.45, 2.75) is 12.8 Å². The highest BCUT2D eigenvalue weighted by Crippen LogP contribution is 2.26. The van der Waals surface area contributed by atoms with Crippen LogP contribution in [0.2, 0.25) is 0 Å². The quantitative estimate of drug-likeness (QED) is 0.721. The predicted octanol–water partition coefficient (Wildman–Crippen LogP) is 0.000820. The van der Waals surface area contributed by atoms with Gasteiger partial charge < -0.3 is 15.0 Å². The molecule has 0 atom stereocenters. The van der Waals surface area contributed by atoms with Gasteiger partial charge in [-0.25, -0.2) is 0 Å². The highest BCUT2D eigenvalue weighted by Gasteiger charge is 2.34. The van der Waals surface area contributed by atoms with Gasteiger partial charge in [-0.1, -0.05) is 11.3 Å². The maximum absolute atomic E-state index is 12.1. The minimum atomic E-state index is -0.215. The van der Waals surface area contributed by atoms with Gasteiger partial charge in [0.15, 0.2) is 0 Å². The lowest BCUT2D eigenvalue weighted by Crippen LogP contribution is -2.49. The zero-order valence-corrected chi connectivity index (χ0v) is 11.0. The number of H-pyrrole nitrogens is 3. The average molecular weight is 280 g/mol. The smallest absolute Gasteiger partial charge is 0.305 e. The van der Waals surface area contributed by atoms with Crippen LogP contribution in [0.15, 0.2) is 15.7 Å². The fourth-order valence-corrected chi connectivity index (χ4v) is 2.85. The van der Waals surface area contributed by atoms with Gasteiger partial charge >= 0.3 is 4.87 Å². The normalized spacial score (nSPS) is 15.5. The number of aryl methyl sites for hydroxylation is 1. The van der Waals surface area contributed by atoms with E-state index in [0.717, 1.165) is 17.0 Å². The number of hydrogen-bond acceptors (Lipinski definition) is 4. The van der Waals surface area contributed by atoms with Gasteiger partial charge in [0.05, 0.1) is 0 Å². The van der Waals surface area contributed by atoms with E-state index in [4.69, 9.17) is 0 Å². The zero-order valence-electron chi connectivity index (χ0n) is 10.1. The lowest BCUT2D eigenvalue weighted by Gasteiger charge is -2.38. The van der Waals surface area contributed by atoms with Crippen LogP contribution >= 0.6 is 11.3 Å². The fourth-order valence-electron chi connectivity index (χ4n) is 2.18. The van der Waals surface area contributed by atoms with E-state index in [2.05, 4.69) is 15.2 Å². The molecule has 3 heterocycles. The minimum Gasteiger partial charge on any atom is -0.336 e. The van der Waals surface area contributed by atoms with Gasteiger partial charge in [0.2, 0.25) is 0 Å². The van der Waals surface area contributed by atoms with E-state index in [1.807, 2.05) is 0 Å². The number of nitrogens with zero attached hydrogens (tertiary/aromatic N) is 1. The van der Waals surface area contributed by atoms with E-state index in [-0.39, 0.29) is 22.3 Å². The molecule has 8 heteroatoms. The Morgan fingerprint density at radius 1 is 1.37 bits per heavy atom. The van der Waals surface area contributed by atoms with E-state index < -0.39 is 0 Å². The summed E-state index contributed by atoms with van der Waals surface area (Å²) in [7, 11) is 0. The second kappa shape index (κ2) is 4.23. The molecule has 1 aliphatic heterocycles. The minimum absolute atomic E-state index is 0.147. The number of thiazole rings is 1. The third-order valence-electron chi connectivity index (χ3n) is 3.26. The van der Waals surface area contributed by atoms with Crippen LogP contribution in [0.3, 0.4) is 0 Å². The summed E-state index contributed by atoms with van der Waals surface area (Å²) in [6, 6.07) is 1.50. The summed E-state index contributed by atoms with van der Waals surface area (Å²) in [5, 5.41) is 5.27. The van der Waals surface area contributed by atoms with Crippen molar-refractivity contribution in [1.82, 2.24) is 20.1 Å². The molecule has 1 saturated heterocycles. The van der Waals surface area contributed by atoms with E-state index in [9.17, 15) is 14.4 Å². The fraction of sp³-hybridized carbons (Fsp3) is 0.364. The molecule has 0 spiro atoms. The number of carbonyl (C=O) groups excluding carboxylic acids is 1. The molecule has 0 aliphatic carbocycles. The molecular weight excluding hydrogens is 268 g/mol. The maximum atomic E-state index is 12.1. The lowest BCUT2D eigenvalue weighted by atomic mass is 9.96. The molecule has 2 aromatic rings. The van der Waals surface area contributed by atoms with Crippen LogP contribution in [0, 0.1) is 6.92 Å². The summed E-state index contributed by atoms with van der Waals surface area (Å²) in [6.45, 7) is 2.84. The monoisotopic (exact) mass is 280 g/mol. The van der Waals surface area contributed by atoms with Gasteiger partial charge in [-0.05, 0) is 6.92 Å². The molecule has 1 aliphatic rings. The molecule has 0 radical (unpaired) electrons. The molecule has 0 bridgehead atoms. The molecule has 19 heavy (non-hydrogen) atoms. The largest absolute Gasteiger partial charge is 0.336 e. The van der Waals surface area contributed by atoms with Gasteiger partial charge in [-0.2, -0.15) is 0 Å². The number of amides is 1. The average Bonchev–Trinajstić information content (AvgIpc) is 2.83. The second-order valence-electron chi connectivity index (χ2n) is 4.57. The van der Waals surface area contributed by atoms with Gasteiger partial charge in [0.25, 0.3) is 11.5 Å². The summed E-state index contributed by atoms with van der Waals surface area (Å²) in [5.41, 5.74) is 1.01. The van der Waals surface area contributed by atoms with E-state index in [1.54, 1.807) is 11.8 Å². The molecule has 7 nitrogen and oxygen atoms in total. The van der Waals surface area contributed by atoms with Gasteiger partial charge in [-0.3, -0.25) is 19.5 Å². The second-order valence-corrected chi connectivity index (χ2v) is 5.75. The summed E-state index contributed by atoms with van der Waals surface area (Å²) in [6.07, 6.45) is 0. The van der Waals surface area contributed by atoms with Crippen molar-refractivity contribution in [1.29, 1.82) is 0 Å². The number of nitrogens with one attached hydrogen (secondary N) is 3. The van der Waals surface area contributed by atoms with Crippen molar-refractivity contribution in [2.24, 2.45) is 0 Å². The topological polar surface area (TPSA) is 102 Å². The van der Waals surface area contributed by atoms with Crippen LogP contribution in [0.1, 0.15) is 27.0 Å². The first kappa shape index (κ1) is 12.0. The number of carbonyl (C=O) groups is 1. The molecule has 2 aromatic heterocycles. The first-order valence-electron chi connectivity index (χ1n) is 5.81. The maximum Gasteiger partial charge on any atom is 0.305 e. The highest BCUT2D eigenvalue weighted by atomic mass is 32.1. The predicted molar refractivity (Wildman–Crippen MR) is 69.7 cm³/mol. The Hall–Kier alpha value is -2.09. The van der Waals surface area contributed by atoms with Crippen molar-refractivity contribution in [3.05, 3.63) is 42.4 Å². The van der Waals surface area contributed by atoms with Crippen molar-refractivity contribution in [3.63, 3.8) is 0 Å². The SMILES string of the molecule is Cc1sc(=O)[nH]c1C(=O)N1CC(c2cc(=O)[nH][nH]2)C1. The van der Waals surface area contributed by atoms with Gasteiger partial charge in [-0.15, -0.1) is 0 Å². The number of rotatable bonds is 2. The lowest BCUT2D eigenvalue weighted by molar-refractivity contribution is 0.0592. The van der Waals surface area contributed by atoms with Crippen LogP contribution in [0.25, 0.3) is 0 Å². The van der Waals surface area contributed by atoms with Crippen molar-refractivity contribution >= 4 is 17.2 Å². The van der Waals surface area contributed by atoms with Crippen molar-refractivity contribution < 1.29 is 4.79 Å². The highest BCUT2D eigenvalue weighted by molar-refractivity contribution is 7.09. The van der Waals surface area contributed by atoms with Crippen molar-refractivity contribution in [2.75, 3.05) is 13.1 Å². The van der Waals surface area contributed by atoms with Crippen LogP contribution in [0.4, 0.5) is 0 Å². The van der Waals surface area contributed by atoms with Crippen LogP contribution in [-0.4, -0.2) is 39.1 Å². The Balaban J connectivity index is 1.71. The number of aromatic nitrogens is 3. The molecule has 1 fully saturated rings. The summed E-state index contributed by atoms with van der Waals surface area (Å²) in [4.78, 5) is 39.0. The number of likely N-dealkylation sites (tertiary alicyclic amines) is 1. The third kappa shape index (κ3) is 2.03. The molecule has 3 N–H and O–H groups in total. The van der Waals surface area contributed by atoms with Gasteiger partial charge in [0, 0.05) is 35.6 Å². The Kier molecular flexibility index (Phi) is 2.67. The first-order chi connectivity index (χ1) is 9.04. The van der Waals surface area contributed by atoms with Crippen LogP contribution in [-0.2, 0) is 0 Å². The van der Waals surface area contributed by atoms with Gasteiger partial charge in [0.1, 0.15) is 5.69 Å². The summed E-state index contributed by atoms with van der Waals surface area (Å²) in [5.74, 6) is -0.0152. The standard InChI is InChI=1S/C11H12N4O3S/c1-5-9(12-11(18)19-5)10(17)15-3-6(4-15)7-2-8(16)14-13-7/h2,6H,3-4H2,1H3,(H,12,18)(H2,13,14,16). The molecule has 0 aromatic carbocycles. The Labute approximate surface area is 111 Å². The Morgan fingerprint density at radius 3 is 2.63 bits per heavy atom. The summed E-state index contributed by atoms with van der Waals surface area (Å²) < 4.78 is 0. The molecule has 3 rings (SSSR count). The van der Waals surface area contributed by atoms with E-state index in [0.29, 0.717) is 23.7 Å². The molecule has 100 valence electrons. The number of aromatic amines is 3. The third-order valence-corrected chi connectivity index (χ3v) is 4.06. The molecular formula is C11H12N4O3S. The molecule has 1 amide bonds. The molecule has 0 saturated carbocycles. The summed E-state index contributed by atoms with van der Waals surface area (Å²) >= 11 is 1.04. The Morgan fingerprint density at radius 2 is 2.11 bits per heavy atom. The van der Waals surface area contributed by atoms with Crippen LogP contribution < -0.4 is 10.4 Å². The zero-order chi connectivity index (χ0) is 13.6. The molecule has 0 unspecified atom stereocenters. The number of hydrogen-bond donors (Lipinski definition) is 3. The van der Waals surface area contributed by atoms with E-state index >= 15 is 0 Å². The Bertz CT molecular complexity index is 731. The van der Waals surface area contributed by atoms with Crippen LogP contribution in [0.5, 0.6) is 0 Å².